The van der Waals surface area contributed by atoms with E-state index in [2.05, 4.69) is 0 Å². The van der Waals surface area contributed by atoms with Gasteiger partial charge in [0.15, 0.2) is 16.9 Å². The smallest absolute Gasteiger partial charge is 0.229 e. The normalized spacial score (nSPS) is 25.3. The number of rotatable bonds is 4. The maximum Gasteiger partial charge on any atom is 0.229 e. The molecule has 176 valence electrons. The summed E-state index contributed by atoms with van der Waals surface area (Å²) in [4.78, 5) is 12.6. The van der Waals surface area contributed by atoms with Crippen LogP contribution in [0.15, 0.2) is 39.5 Å². The Hall–Kier alpha value is -3.55. The zero-order valence-corrected chi connectivity index (χ0v) is 16.7. The van der Waals surface area contributed by atoms with E-state index in [1.165, 1.54) is 0 Å². The zero-order valence-electron chi connectivity index (χ0n) is 16.7. The minimum atomic E-state index is -1.77. The Labute approximate surface area is 184 Å². The van der Waals surface area contributed by atoms with E-state index in [9.17, 15) is 45.6 Å². The van der Waals surface area contributed by atoms with Gasteiger partial charge in [-0.1, -0.05) is 0 Å². The summed E-state index contributed by atoms with van der Waals surface area (Å²) in [6.07, 6.45) is -8.05. The highest BCUT2D eigenvalue weighted by Crippen LogP contribution is 2.41. The molecule has 2 aromatic carbocycles. The van der Waals surface area contributed by atoms with Crippen molar-refractivity contribution in [2.45, 2.75) is 30.7 Å². The van der Waals surface area contributed by atoms with Gasteiger partial charge in [0.2, 0.25) is 6.29 Å². The van der Waals surface area contributed by atoms with E-state index >= 15 is 0 Å². The lowest BCUT2D eigenvalue weighted by Crippen LogP contribution is -2.60. The fourth-order valence-corrected chi connectivity index (χ4v) is 3.52. The van der Waals surface area contributed by atoms with Gasteiger partial charge in [0.1, 0.15) is 58.4 Å². The number of aliphatic hydroxyl groups is 4. The summed E-state index contributed by atoms with van der Waals surface area (Å²) in [5, 5.41) is 78.8. The lowest BCUT2D eigenvalue weighted by Gasteiger charge is -2.39. The molecule has 0 radical (unpaired) electrons. The predicted molar refractivity (Wildman–Crippen MR) is 109 cm³/mol. The second-order valence-corrected chi connectivity index (χ2v) is 7.47. The molecule has 33 heavy (non-hydrogen) atoms. The van der Waals surface area contributed by atoms with Crippen LogP contribution in [0.5, 0.6) is 28.7 Å². The summed E-state index contributed by atoms with van der Waals surface area (Å²) in [6.45, 7) is -0.703. The van der Waals surface area contributed by atoms with Crippen LogP contribution >= 0.6 is 0 Å². The van der Waals surface area contributed by atoms with Crippen molar-refractivity contribution in [1.29, 1.82) is 0 Å². The summed E-state index contributed by atoms with van der Waals surface area (Å²) >= 11 is 0. The zero-order chi connectivity index (χ0) is 24.0. The average Bonchev–Trinajstić information content (AvgIpc) is 2.75. The third-order valence-corrected chi connectivity index (χ3v) is 5.23. The van der Waals surface area contributed by atoms with Crippen LogP contribution in [-0.2, 0) is 4.74 Å². The monoisotopic (exact) mass is 464 g/mol. The molecule has 0 aliphatic carbocycles. The van der Waals surface area contributed by atoms with Crippen LogP contribution in [0.4, 0.5) is 0 Å². The number of phenols is 4. The molecule has 4 rings (SSSR count). The second-order valence-electron chi connectivity index (χ2n) is 7.47. The van der Waals surface area contributed by atoms with Crippen molar-refractivity contribution in [2.24, 2.45) is 0 Å². The predicted octanol–water partition coefficient (Wildman–Crippen LogP) is -0.539. The fraction of sp³-hybridized carbons (Fsp3) is 0.286. The molecule has 3 aromatic rings. The minimum absolute atomic E-state index is 0.107. The van der Waals surface area contributed by atoms with Crippen LogP contribution in [0.25, 0.3) is 22.3 Å². The molecule has 12 nitrogen and oxygen atoms in total. The summed E-state index contributed by atoms with van der Waals surface area (Å²) < 4.78 is 16.4. The molecule has 0 saturated carbocycles. The standard InChI is InChI=1S/C21H20O12/c22-6-16-18(28)19(29)20(30)21(33-16)32-14-4-10(25)9(24)3-8(14)13-5-12(27)17-11(26)1-7(23)2-15(17)31-13/h1-5,16,18-26,28-30H,6H2/t16-,18+,19+,20-,21+/m1/s1. The van der Waals surface area contributed by atoms with Gasteiger partial charge in [-0.25, -0.2) is 0 Å². The lowest BCUT2D eigenvalue weighted by atomic mass is 9.99. The van der Waals surface area contributed by atoms with E-state index < -0.39 is 60.0 Å². The number of hydrogen-bond acceptors (Lipinski definition) is 12. The van der Waals surface area contributed by atoms with Crippen molar-refractivity contribution in [2.75, 3.05) is 6.61 Å². The fourth-order valence-electron chi connectivity index (χ4n) is 3.52. The average molecular weight is 464 g/mol. The van der Waals surface area contributed by atoms with Gasteiger partial charge in [-0.2, -0.15) is 0 Å². The maximum atomic E-state index is 12.6. The van der Waals surface area contributed by atoms with Crippen LogP contribution in [0.1, 0.15) is 0 Å². The van der Waals surface area contributed by atoms with Gasteiger partial charge in [0.25, 0.3) is 0 Å². The van der Waals surface area contributed by atoms with Crippen molar-refractivity contribution in [3.63, 3.8) is 0 Å². The van der Waals surface area contributed by atoms with Crippen molar-refractivity contribution in [3.8, 4) is 40.1 Å². The second kappa shape index (κ2) is 8.42. The number of benzene rings is 2. The maximum absolute atomic E-state index is 12.6. The third kappa shape index (κ3) is 4.01. The quantitative estimate of drug-likeness (QED) is 0.229. The van der Waals surface area contributed by atoms with Crippen molar-refractivity contribution >= 4 is 11.0 Å². The van der Waals surface area contributed by atoms with Crippen LogP contribution < -0.4 is 10.2 Å². The molecule has 1 saturated heterocycles. The summed E-state index contributed by atoms with van der Waals surface area (Å²) in [7, 11) is 0. The van der Waals surface area contributed by atoms with Gasteiger partial charge < -0.3 is 54.7 Å². The molecule has 8 N–H and O–H groups in total. The molecule has 0 amide bonds. The largest absolute Gasteiger partial charge is 0.508 e. The van der Waals surface area contributed by atoms with E-state index in [1.807, 2.05) is 0 Å². The molecule has 1 aliphatic rings. The first-order valence-electron chi connectivity index (χ1n) is 9.64. The van der Waals surface area contributed by atoms with Crippen molar-refractivity contribution in [1.82, 2.24) is 0 Å². The summed E-state index contributed by atoms with van der Waals surface area (Å²) in [6, 6.07) is 4.92. The van der Waals surface area contributed by atoms with Gasteiger partial charge in [-0.15, -0.1) is 0 Å². The van der Waals surface area contributed by atoms with E-state index in [0.717, 1.165) is 30.3 Å². The number of aromatic hydroxyl groups is 4. The Morgan fingerprint density at radius 3 is 2.24 bits per heavy atom. The molecule has 0 spiro atoms. The molecule has 0 unspecified atom stereocenters. The first-order chi connectivity index (χ1) is 15.6. The Morgan fingerprint density at radius 1 is 0.848 bits per heavy atom. The summed E-state index contributed by atoms with van der Waals surface area (Å²) in [5.41, 5.74) is -0.999. The number of fused-ring (bicyclic) bond motifs is 1. The third-order valence-electron chi connectivity index (χ3n) is 5.23. The molecule has 12 heteroatoms. The first-order valence-corrected chi connectivity index (χ1v) is 9.64. The highest BCUT2D eigenvalue weighted by Gasteiger charge is 2.45. The molecule has 1 aromatic heterocycles. The minimum Gasteiger partial charge on any atom is -0.508 e. The molecule has 2 heterocycles. The Kier molecular flexibility index (Phi) is 5.78. The summed E-state index contributed by atoms with van der Waals surface area (Å²) in [5.74, 6) is -2.65. The highest BCUT2D eigenvalue weighted by atomic mass is 16.7. The molecular weight excluding hydrogens is 444 g/mol. The lowest BCUT2D eigenvalue weighted by molar-refractivity contribution is -0.277. The Bertz CT molecular complexity index is 1250. The number of ether oxygens (including phenoxy) is 2. The van der Waals surface area contributed by atoms with Gasteiger partial charge in [0, 0.05) is 24.3 Å². The van der Waals surface area contributed by atoms with E-state index in [0.29, 0.717) is 0 Å². The molecule has 1 aliphatic heterocycles. The number of aliphatic hydroxyl groups excluding tert-OH is 4. The van der Waals surface area contributed by atoms with Gasteiger partial charge in [-0.05, 0) is 6.07 Å². The topological polar surface area (TPSA) is 211 Å². The molecule has 0 bridgehead atoms. The number of hydrogen-bond donors (Lipinski definition) is 8. The Balaban J connectivity index is 1.81. The van der Waals surface area contributed by atoms with Crippen LogP contribution in [0.2, 0.25) is 0 Å². The van der Waals surface area contributed by atoms with Crippen molar-refractivity contribution in [3.05, 3.63) is 40.6 Å². The van der Waals surface area contributed by atoms with E-state index in [4.69, 9.17) is 13.9 Å². The molecule has 5 atom stereocenters. The van der Waals surface area contributed by atoms with E-state index in [1.54, 1.807) is 0 Å². The van der Waals surface area contributed by atoms with E-state index in [-0.39, 0.29) is 33.8 Å². The highest BCUT2D eigenvalue weighted by molar-refractivity contribution is 5.86. The molecule has 1 fully saturated rings. The molecular formula is C21H20O12. The SMILES string of the molecule is O=c1cc(-c2cc(O)c(O)cc2O[C@H]2O[C@H](CO)[C@H](O)[C@H](O)[C@H]2O)oc2cc(O)cc(O)c12. The van der Waals surface area contributed by atoms with Gasteiger partial charge >= 0.3 is 0 Å². The van der Waals surface area contributed by atoms with Gasteiger partial charge in [0.05, 0.1) is 12.2 Å². The first kappa shape index (κ1) is 22.6. The van der Waals surface area contributed by atoms with Crippen molar-refractivity contribution < 1.29 is 54.7 Å². The van der Waals surface area contributed by atoms with Crippen LogP contribution in [-0.4, -0.2) is 78.2 Å². The van der Waals surface area contributed by atoms with Crippen LogP contribution in [0, 0.1) is 0 Å². The Morgan fingerprint density at radius 2 is 1.55 bits per heavy atom. The number of phenolic OH excluding ortho intramolecular Hbond substituents is 4. The van der Waals surface area contributed by atoms with Gasteiger partial charge in [-0.3, -0.25) is 4.79 Å². The van der Waals surface area contributed by atoms with Crippen LogP contribution in [0.3, 0.4) is 0 Å².